The first kappa shape index (κ1) is 14.5. The first-order valence-electron chi connectivity index (χ1n) is 5.85. The third-order valence-electron chi connectivity index (χ3n) is 2.60. The highest BCUT2D eigenvalue weighted by molar-refractivity contribution is 6.35. The fraction of sp³-hybridized carbons (Fsp3) is 0.133. The van der Waals surface area contributed by atoms with Crippen molar-refractivity contribution in [3.05, 3.63) is 65.7 Å². The molecule has 20 heavy (non-hydrogen) atoms. The maximum atomic E-state index is 12.8. The molecule has 0 atom stereocenters. The molecule has 0 amide bonds. The molecule has 104 valence electrons. The van der Waals surface area contributed by atoms with Crippen molar-refractivity contribution in [3.63, 3.8) is 0 Å². The maximum absolute atomic E-state index is 12.8. The van der Waals surface area contributed by atoms with Crippen LogP contribution >= 0.6 is 11.6 Å². The van der Waals surface area contributed by atoms with Crippen LogP contribution in [0.4, 0.5) is 8.78 Å². The maximum Gasteiger partial charge on any atom is 0.384 e. The van der Waals surface area contributed by atoms with Crippen LogP contribution in [-0.4, -0.2) is 11.2 Å². The van der Waals surface area contributed by atoms with E-state index in [9.17, 15) is 13.6 Å². The van der Waals surface area contributed by atoms with E-state index in [2.05, 4.69) is 0 Å². The second-order valence-electron chi connectivity index (χ2n) is 4.13. The molecular weight excluding hydrogens is 286 g/mol. The SMILES string of the molecule is O=C(c1cccc(OCc2ccccc2)c1)C(F)(F)Cl. The zero-order valence-electron chi connectivity index (χ0n) is 10.4. The van der Waals surface area contributed by atoms with Crippen molar-refractivity contribution in [1.29, 1.82) is 0 Å². The van der Waals surface area contributed by atoms with E-state index < -0.39 is 11.2 Å². The van der Waals surface area contributed by atoms with Crippen LogP contribution in [0.25, 0.3) is 0 Å². The molecule has 2 rings (SSSR count). The van der Waals surface area contributed by atoms with Crippen LogP contribution in [0.3, 0.4) is 0 Å². The molecule has 0 aliphatic rings. The van der Waals surface area contributed by atoms with Gasteiger partial charge in [-0.1, -0.05) is 42.5 Å². The van der Waals surface area contributed by atoms with Gasteiger partial charge in [0.1, 0.15) is 12.4 Å². The van der Waals surface area contributed by atoms with Gasteiger partial charge in [-0.05, 0) is 29.3 Å². The third kappa shape index (κ3) is 3.78. The minimum absolute atomic E-state index is 0.185. The topological polar surface area (TPSA) is 26.3 Å². The van der Waals surface area contributed by atoms with Crippen molar-refractivity contribution in [2.75, 3.05) is 0 Å². The van der Waals surface area contributed by atoms with Gasteiger partial charge in [0, 0.05) is 5.56 Å². The van der Waals surface area contributed by atoms with Gasteiger partial charge in [0.15, 0.2) is 0 Å². The Kier molecular flexibility index (Phi) is 4.35. The lowest BCUT2D eigenvalue weighted by molar-refractivity contribution is 0.0536. The highest BCUT2D eigenvalue weighted by atomic mass is 35.5. The number of halogens is 3. The van der Waals surface area contributed by atoms with Crippen molar-refractivity contribution >= 4 is 17.4 Å². The van der Waals surface area contributed by atoms with Gasteiger partial charge in [-0.2, -0.15) is 8.78 Å². The molecule has 0 spiro atoms. The van der Waals surface area contributed by atoms with E-state index in [-0.39, 0.29) is 12.2 Å². The molecule has 0 aliphatic carbocycles. The minimum Gasteiger partial charge on any atom is -0.489 e. The molecule has 0 aromatic heterocycles. The average Bonchev–Trinajstić information content (AvgIpc) is 2.45. The number of hydrogen-bond acceptors (Lipinski definition) is 2. The van der Waals surface area contributed by atoms with Gasteiger partial charge in [-0.25, -0.2) is 0 Å². The predicted octanol–water partition coefficient (Wildman–Crippen LogP) is 4.28. The molecule has 2 nitrogen and oxygen atoms in total. The zero-order chi connectivity index (χ0) is 14.6. The lowest BCUT2D eigenvalue weighted by Gasteiger charge is -2.09. The molecule has 0 bridgehead atoms. The quantitative estimate of drug-likeness (QED) is 0.608. The van der Waals surface area contributed by atoms with E-state index in [0.717, 1.165) is 5.56 Å². The summed E-state index contributed by atoms with van der Waals surface area (Å²) in [5.74, 6) is -1.11. The highest BCUT2D eigenvalue weighted by Gasteiger charge is 2.36. The number of benzene rings is 2. The lowest BCUT2D eigenvalue weighted by Crippen LogP contribution is -2.21. The first-order chi connectivity index (χ1) is 9.47. The molecule has 0 fully saturated rings. The Morgan fingerprint density at radius 3 is 2.45 bits per heavy atom. The van der Waals surface area contributed by atoms with Crippen LogP contribution in [0.2, 0.25) is 0 Å². The number of alkyl halides is 3. The van der Waals surface area contributed by atoms with Gasteiger partial charge in [0.2, 0.25) is 5.78 Å². The smallest absolute Gasteiger partial charge is 0.384 e. The molecule has 0 unspecified atom stereocenters. The Hall–Kier alpha value is -1.94. The Morgan fingerprint density at radius 1 is 1.10 bits per heavy atom. The molecule has 0 saturated carbocycles. The van der Waals surface area contributed by atoms with Gasteiger partial charge in [-0.3, -0.25) is 4.79 Å². The summed E-state index contributed by atoms with van der Waals surface area (Å²) in [5, 5.41) is -3.90. The third-order valence-corrected chi connectivity index (χ3v) is 2.77. The van der Waals surface area contributed by atoms with Crippen LogP contribution in [0.15, 0.2) is 54.6 Å². The number of Topliss-reactive ketones (excluding diaryl/α,β-unsaturated/α-hetero) is 1. The van der Waals surface area contributed by atoms with E-state index in [1.165, 1.54) is 18.2 Å². The van der Waals surface area contributed by atoms with E-state index in [1.54, 1.807) is 6.07 Å². The summed E-state index contributed by atoms with van der Waals surface area (Å²) in [4.78, 5) is 11.4. The van der Waals surface area contributed by atoms with Crippen molar-refractivity contribution in [3.8, 4) is 5.75 Å². The molecule has 0 heterocycles. The molecule has 0 aliphatic heterocycles. The number of ketones is 1. The summed E-state index contributed by atoms with van der Waals surface area (Å²) >= 11 is 4.72. The molecule has 2 aromatic rings. The van der Waals surface area contributed by atoms with Crippen LogP contribution in [0.1, 0.15) is 15.9 Å². The summed E-state index contributed by atoms with van der Waals surface area (Å²) in [6.07, 6.45) is 0. The van der Waals surface area contributed by atoms with Gasteiger partial charge < -0.3 is 4.74 Å². The zero-order valence-corrected chi connectivity index (χ0v) is 11.1. The minimum atomic E-state index is -3.90. The molecular formula is C15H11ClF2O2. The van der Waals surface area contributed by atoms with Crippen molar-refractivity contribution in [2.24, 2.45) is 0 Å². The van der Waals surface area contributed by atoms with E-state index in [0.29, 0.717) is 5.75 Å². The van der Waals surface area contributed by atoms with Gasteiger partial charge in [0.05, 0.1) is 0 Å². The second kappa shape index (κ2) is 6.01. The number of carbonyl (C=O) groups excluding carboxylic acids is 1. The summed E-state index contributed by atoms with van der Waals surface area (Å²) in [6, 6.07) is 15.0. The molecule has 0 saturated heterocycles. The Morgan fingerprint density at radius 2 is 1.80 bits per heavy atom. The standard InChI is InChI=1S/C15H11ClF2O2/c16-15(17,18)14(19)12-7-4-8-13(9-12)20-10-11-5-2-1-3-6-11/h1-9H,10H2. The summed E-state index contributed by atoms with van der Waals surface area (Å²) in [6.45, 7) is 0.287. The van der Waals surface area contributed by atoms with Gasteiger partial charge in [0.25, 0.3) is 0 Å². The average molecular weight is 297 g/mol. The summed E-state index contributed by atoms with van der Waals surface area (Å²) in [5.41, 5.74) is 0.752. The Balaban J connectivity index is 2.09. The van der Waals surface area contributed by atoms with Gasteiger partial charge >= 0.3 is 5.38 Å². The normalized spacial score (nSPS) is 11.2. The number of ether oxygens (including phenoxy) is 1. The molecule has 0 N–H and O–H groups in total. The number of carbonyl (C=O) groups is 1. The monoisotopic (exact) mass is 296 g/mol. The van der Waals surface area contributed by atoms with Crippen molar-refractivity contribution < 1.29 is 18.3 Å². The molecule has 5 heteroatoms. The van der Waals surface area contributed by atoms with Crippen LogP contribution in [0.5, 0.6) is 5.75 Å². The summed E-state index contributed by atoms with van der Waals surface area (Å²) < 4.78 is 31.0. The van der Waals surface area contributed by atoms with Gasteiger partial charge in [-0.15, -0.1) is 0 Å². The second-order valence-corrected chi connectivity index (χ2v) is 4.60. The first-order valence-corrected chi connectivity index (χ1v) is 6.23. The fourth-order valence-electron chi connectivity index (χ4n) is 1.63. The van der Waals surface area contributed by atoms with E-state index in [1.807, 2.05) is 30.3 Å². The fourth-order valence-corrected chi connectivity index (χ4v) is 1.74. The Labute approximate surface area is 119 Å². The lowest BCUT2D eigenvalue weighted by atomic mass is 10.1. The largest absolute Gasteiger partial charge is 0.489 e. The molecule has 2 aromatic carbocycles. The number of rotatable bonds is 5. The van der Waals surface area contributed by atoms with E-state index >= 15 is 0 Å². The van der Waals surface area contributed by atoms with Crippen LogP contribution < -0.4 is 4.74 Å². The number of hydrogen-bond donors (Lipinski definition) is 0. The molecule has 0 radical (unpaired) electrons. The Bertz CT molecular complexity index is 594. The van der Waals surface area contributed by atoms with Crippen LogP contribution in [0, 0.1) is 0 Å². The van der Waals surface area contributed by atoms with E-state index in [4.69, 9.17) is 16.3 Å². The van der Waals surface area contributed by atoms with Crippen molar-refractivity contribution in [1.82, 2.24) is 0 Å². The van der Waals surface area contributed by atoms with Crippen LogP contribution in [-0.2, 0) is 6.61 Å². The summed E-state index contributed by atoms with van der Waals surface area (Å²) in [7, 11) is 0. The van der Waals surface area contributed by atoms with Crippen molar-refractivity contribution in [2.45, 2.75) is 12.0 Å². The predicted molar refractivity (Wildman–Crippen MR) is 72.3 cm³/mol. The highest BCUT2D eigenvalue weighted by Crippen LogP contribution is 2.26.